The third-order valence-corrected chi connectivity index (χ3v) is 4.12. The van der Waals surface area contributed by atoms with E-state index in [4.69, 9.17) is 10.5 Å². The summed E-state index contributed by atoms with van der Waals surface area (Å²) in [4.78, 5) is 2.26. The van der Waals surface area contributed by atoms with Crippen LogP contribution in [-0.2, 0) is 0 Å². The van der Waals surface area contributed by atoms with Crippen LogP contribution in [-0.4, -0.2) is 19.2 Å². The summed E-state index contributed by atoms with van der Waals surface area (Å²) in [7, 11) is 0. The Balaban J connectivity index is 2.26. The van der Waals surface area contributed by atoms with Crippen molar-refractivity contribution in [2.24, 2.45) is 5.41 Å². The second-order valence-electron chi connectivity index (χ2n) is 7.01. The predicted molar refractivity (Wildman–Crippen MR) is 86.4 cm³/mol. The van der Waals surface area contributed by atoms with Crippen LogP contribution in [0.25, 0.3) is 0 Å². The molecule has 0 aromatic heterocycles. The maximum absolute atomic E-state index is 13.9. The van der Waals surface area contributed by atoms with Crippen molar-refractivity contribution in [1.82, 2.24) is 0 Å². The Labute approximate surface area is 127 Å². The minimum atomic E-state index is -0.389. The molecule has 1 aliphatic heterocycles. The number of benzene rings is 1. The zero-order chi connectivity index (χ0) is 15.6. The minimum absolute atomic E-state index is 0.0564. The molecule has 0 amide bonds. The van der Waals surface area contributed by atoms with Crippen LogP contribution in [0, 0.1) is 11.2 Å². The second kappa shape index (κ2) is 6.12. The normalized spacial score (nSPS) is 18.7. The molecule has 0 spiro atoms. The van der Waals surface area contributed by atoms with Gasteiger partial charge < -0.3 is 15.4 Å². The Morgan fingerprint density at radius 2 is 1.95 bits per heavy atom. The van der Waals surface area contributed by atoms with E-state index in [-0.39, 0.29) is 17.7 Å². The van der Waals surface area contributed by atoms with E-state index in [9.17, 15) is 4.39 Å². The van der Waals surface area contributed by atoms with Gasteiger partial charge in [0.15, 0.2) is 11.6 Å². The zero-order valence-electron chi connectivity index (χ0n) is 13.6. The van der Waals surface area contributed by atoms with Crippen LogP contribution in [0.1, 0.15) is 47.0 Å². The molecule has 0 unspecified atom stereocenters. The van der Waals surface area contributed by atoms with Crippen molar-refractivity contribution in [3.63, 3.8) is 0 Å². The Morgan fingerprint density at radius 1 is 1.24 bits per heavy atom. The lowest BCUT2D eigenvalue weighted by Gasteiger charge is -2.26. The van der Waals surface area contributed by atoms with E-state index >= 15 is 0 Å². The van der Waals surface area contributed by atoms with Crippen molar-refractivity contribution in [3.05, 3.63) is 17.9 Å². The van der Waals surface area contributed by atoms with Gasteiger partial charge in [-0.25, -0.2) is 4.39 Å². The van der Waals surface area contributed by atoms with Crippen LogP contribution in [0.5, 0.6) is 5.75 Å². The van der Waals surface area contributed by atoms with E-state index in [1.54, 1.807) is 6.07 Å². The number of hydrogen-bond acceptors (Lipinski definition) is 3. The fourth-order valence-electron chi connectivity index (χ4n) is 2.84. The number of nitrogens with zero attached hydrogens (tertiary/aromatic N) is 1. The highest BCUT2D eigenvalue weighted by molar-refractivity contribution is 5.70. The summed E-state index contributed by atoms with van der Waals surface area (Å²) in [6, 6.07) is 3.13. The first-order valence-corrected chi connectivity index (χ1v) is 7.79. The number of nitrogens with two attached hydrogens (primary N) is 1. The van der Waals surface area contributed by atoms with Gasteiger partial charge in [0, 0.05) is 25.2 Å². The molecule has 1 saturated heterocycles. The minimum Gasteiger partial charge on any atom is -0.488 e. The quantitative estimate of drug-likeness (QED) is 0.849. The van der Waals surface area contributed by atoms with E-state index in [0.29, 0.717) is 11.1 Å². The van der Waals surface area contributed by atoms with E-state index in [0.717, 1.165) is 31.6 Å². The van der Waals surface area contributed by atoms with Crippen LogP contribution in [0.15, 0.2) is 12.1 Å². The van der Waals surface area contributed by atoms with Crippen molar-refractivity contribution < 1.29 is 9.13 Å². The molecule has 0 aliphatic carbocycles. The summed E-state index contributed by atoms with van der Waals surface area (Å²) in [6.07, 6.45) is 3.40. The van der Waals surface area contributed by atoms with Gasteiger partial charge in [0.2, 0.25) is 0 Å². The van der Waals surface area contributed by atoms with Crippen LogP contribution in [0.2, 0.25) is 0 Å². The molecule has 4 heteroatoms. The van der Waals surface area contributed by atoms with Crippen molar-refractivity contribution >= 4 is 11.4 Å². The van der Waals surface area contributed by atoms with Gasteiger partial charge in [0.05, 0.1) is 17.5 Å². The van der Waals surface area contributed by atoms with Crippen molar-refractivity contribution in [2.75, 3.05) is 23.7 Å². The van der Waals surface area contributed by atoms with Gasteiger partial charge in [-0.05, 0) is 38.5 Å². The monoisotopic (exact) mass is 294 g/mol. The lowest BCUT2D eigenvalue weighted by molar-refractivity contribution is 0.231. The number of hydrogen-bond donors (Lipinski definition) is 1. The van der Waals surface area contributed by atoms with E-state index in [1.165, 1.54) is 12.5 Å². The molecule has 2 rings (SSSR count). The van der Waals surface area contributed by atoms with Gasteiger partial charge in [0.1, 0.15) is 0 Å². The molecule has 1 aromatic rings. The number of rotatable bonds is 3. The molecule has 1 fully saturated rings. The third-order valence-electron chi connectivity index (χ3n) is 4.12. The highest BCUT2D eigenvalue weighted by Gasteiger charge is 2.24. The Kier molecular flexibility index (Phi) is 4.64. The van der Waals surface area contributed by atoms with Crippen LogP contribution in [0.3, 0.4) is 0 Å². The van der Waals surface area contributed by atoms with Crippen LogP contribution < -0.4 is 15.4 Å². The maximum Gasteiger partial charge on any atom is 0.167 e. The number of anilines is 2. The van der Waals surface area contributed by atoms with Gasteiger partial charge in [0.25, 0.3) is 0 Å². The van der Waals surface area contributed by atoms with E-state index < -0.39 is 0 Å². The highest BCUT2D eigenvalue weighted by Crippen LogP contribution is 2.36. The second-order valence-corrected chi connectivity index (χ2v) is 7.01. The predicted octanol–water partition coefficient (Wildman–Crippen LogP) is 4.21. The molecule has 1 heterocycles. The summed E-state index contributed by atoms with van der Waals surface area (Å²) in [6.45, 7) is 10.3. The van der Waals surface area contributed by atoms with Gasteiger partial charge >= 0.3 is 0 Å². The smallest absolute Gasteiger partial charge is 0.167 e. The topological polar surface area (TPSA) is 38.5 Å². The molecule has 21 heavy (non-hydrogen) atoms. The lowest BCUT2D eigenvalue weighted by Crippen LogP contribution is -2.26. The number of halogens is 1. The summed E-state index contributed by atoms with van der Waals surface area (Å²) in [5.41, 5.74) is 7.78. The van der Waals surface area contributed by atoms with Crippen LogP contribution in [0.4, 0.5) is 15.8 Å². The first-order chi connectivity index (χ1) is 9.78. The fraction of sp³-hybridized carbons (Fsp3) is 0.647. The molecule has 0 saturated carbocycles. The molecule has 1 aromatic carbocycles. The third kappa shape index (κ3) is 4.02. The first kappa shape index (κ1) is 15.9. The Morgan fingerprint density at radius 3 is 2.62 bits per heavy atom. The molecule has 0 radical (unpaired) electrons. The molecule has 2 N–H and O–H groups in total. The lowest BCUT2D eigenvalue weighted by atomic mass is 9.85. The average molecular weight is 294 g/mol. The SMILES string of the molecule is CC(C)Oc1cc(N2CCCC(C)(C)CC2)c(N)cc1F. The number of ether oxygens (including phenoxy) is 1. The summed E-state index contributed by atoms with van der Waals surface area (Å²) in [5, 5.41) is 0. The largest absolute Gasteiger partial charge is 0.488 e. The Bertz CT molecular complexity index is 500. The summed E-state index contributed by atoms with van der Waals surface area (Å²) in [5.74, 6) is -0.0993. The van der Waals surface area contributed by atoms with Crippen molar-refractivity contribution in [2.45, 2.75) is 53.1 Å². The molecule has 0 bridgehead atoms. The van der Waals surface area contributed by atoms with Gasteiger partial charge in [-0.1, -0.05) is 13.8 Å². The Hall–Kier alpha value is -1.45. The van der Waals surface area contributed by atoms with E-state index in [2.05, 4.69) is 18.7 Å². The summed E-state index contributed by atoms with van der Waals surface area (Å²) < 4.78 is 19.5. The first-order valence-electron chi connectivity index (χ1n) is 7.79. The molecule has 0 atom stereocenters. The fourth-order valence-corrected chi connectivity index (χ4v) is 2.84. The molecule has 1 aliphatic rings. The average Bonchev–Trinajstić information content (AvgIpc) is 2.53. The molecular formula is C17H27FN2O. The zero-order valence-corrected chi connectivity index (χ0v) is 13.6. The molecule has 3 nitrogen and oxygen atoms in total. The van der Waals surface area contributed by atoms with Gasteiger partial charge in [-0.2, -0.15) is 0 Å². The van der Waals surface area contributed by atoms with Crippen LogP contribution >= 0.6 is 0 Å². The van der Waals surface area contributed by atoms with Crippen molar-refractivity contribution in [3.8, 4) is 5.75 Å². The number of nitrogen functional groups attached to an aromatic ring is 1. The maximum atomic E-state index is 13.9. The molecular weight excluding hydrogens is 267 g/mol. The van der Waals surface area contributed by atoms with Gasteiger partial charge in [-0.15, -0.1) is 0 Å². The standard InChI is InChI=1S/C17H27FN2O/c1-12(2)21-16-11-15(14(19)10-13(16)18)20-8-5-6-17(3,4)7-9-20/h10-12H,5-9,19H2,1-4H3. The molecule has 118 valence electrons. The van der Waals surface area contributed by atoms with Crippen molar-refractivity contribution in [1.29, 1.82) is 0 Å². The highest BCUT2D eigenvalue weighted by atomic mass is 19.1. The van der Waals surface area contributed by atoms with E-state index in [1.807, 2.05) is 13.8 Å². The van der Waals surface area contributed by atoms with Gasteiger partial charge in [-0.3, -0.25) is 0 Å². The summed E-state index contributed by atoms with van der Waals surface area (Å²) >= 11 is 0.